The lowest BCUT2D eigenvalue weighted by Crippen LogP contribution is -2.23. The van der Waals surface area contributed by atoms with Crippen LogP contribution in [0.5, 0.6) is 5.75 Å². The largest absolute Gasteiger partial charge is 0.508 e. The number of benzene rings is 3. The Bertz CT molecular complexity index is 1090. The summed E-state index contributed by atoms with van der Waals surface area (Å²) in [7, 11) is 0. The monoisotopic (exact) mass is 371 g/mol. The number of aryl methyl sites for hydroxylation is 2. The first-order chi connectivity index (χ1) is 13.7. The summed E-state index contributed by atoms with van der Waals surface area (Å²) in [6.45, 7) is 1.12. The standard InChI is InChI=1S/C23H21N3O2/c27-19-12-10-18(11-13-19)23(28)24-16-21-20-8-4-5-9-22(20)26(25-21)15-14-17-6-2-1-3-7-17/h1-13,27H,14-16H2,(H,24,28). The van der Waals surface area contributed by atoms with Crippen LogP contribution >= 0.6 is 0 Å². The van der Waals surface area contributed by atoms with Crippen LogP contribution in [0.4, 0.5) is 0 Å². The molecule has 5 heteroatoms. The van der Waals surface area contributed by atoms with Crippen LogP contribution in [0.25, 0.3) is 10.9 Å². The van der Waals surface area contributed by atoms with Gasteiger partial charge in [0.25, 0.3) is 5.91 Å². The Morgan fingerprint density at radius 1 is 0.929 bits per heavy atom. The predicted molar refractivity (Wildman–Crippen MR) is 109 cm³/mol. The summed E-state index contributed by atoms with van der Waals surface area (Å²) in [5.41, 5.74) is 3.68. The third-order valence-electron chi connectivity index (χ3n) is 4.74. The van der Waals surface area contributed by atoms with E-state index in [1.54, 1.807) is 12.1 Å². The zero-order chi connectivity index (χ0) is 19.3. The Balaban J connectivity index is 1.51. The molecule has 0 unspecified atom stereocenters. The van der Waals surface area contributed by atoms with E-state index in [1.807, 2.05) is 41.1 Å². The smallest absolute Gasteiger partial charge is 0.251 e. The number of hydrogen-bond acceptors (Lipinski definition) is 3. The van der Waals surface area contributed by atoms with Crippen LogP contribution in [-0.4, -0.2) is 20.8 Å². The zero-order valence-electron chi connectivity index (χ0n) is 15.4. The van der Waals surface area contributed by atoms with Gasteiger partial charge < -0.3 is 10.4 Å². The van der Waals surface area contributed by atoms with Gasteiger partial charge in [-0.05, 0) is 42.3 Å². The van der Waals surface area contributed by atoms with Crippen molar-refractivity contribution in [1.29, 1.82) is 0 Å². The minimum atomic E-state index is -0.192. The summed E-state index contributed by atoms with van der Waals surface area (Å²) in [6, 6.07) is 24.6. The van der Waals surface area contributed by atoms with Crippen molar-refractivity contribution in [1.82, 2.24) is 15.1 Å². The summed E-state index contributed by atoms with van der Waals surface area (Å²) in [6.07, 6.45) is 0.895. The van der Waals surface area contributed by atoms with Crippen LogP contribution in [-0.2, 0) is 19.5 Å². The molecule has 0 aliphatic rings. The molecule has 0 aliphatic heterocycles. The Morgan fingerprint density at radius 3 is 2.43 bits per heavy atom. The topological polar surface area (TPSA) is 67.2 Å². The van der Waals surface area contributed by atoms with Gasteiger partial charge in [-0.1, -0.05) is 48.5 Å². The molecule has 1 heterocycles. The summed E-state index contributed by atoms with van der Waals surface area (Å²) in [5, 5.41) is 18.1. The van der Waals surface area contributed by atoms with Crippen LogP contribution in [0.2, 0.25) is 0 Å². The molecule has 1 aromatic heterocycles. The Hall–Kier alpha value is -3.60. The lowest BCUT2D eigenvalue weighted by atomic mass is 10.1. The quantitative estimate of drug-likeness (QED) is 0.540. The van der Waals surface area contributed by atoms with Gasteiger partial charge >= 0.3 is 0 Å². The number of phenols is 1. The van der Waals surface area contributed by atoms with Gasteiger partial charge in [-0.25, -0.2) is 0 Å². The molecular formula is C23H21N3O2. The minimum absolute atomic E-state index is 0.139. The molecule has 28 heavy (non-hydrogen) atoms. The van der Waals surface area contributed by atoms with Crippen LogP contribution in [0.3, 0.4) is 0 Å². The Kier molecular flexibility index (Phi) is 5.06. The molecular weight excluding hydrogens is 350 g/mol. The van der Waals surface area contributed by atoms with Crippen LogP contribution in [0, 0.1) is 0 Å². The highest BCUT2D eigenvalue weighted by atomic mass is 16.3. The number of phenolic OH excluding ortho intramolecular Hbond substituents is 1. The number of nitrogens with zero attached hydrogens (tertiary/aromatic N) is 2. The summed E-state index contributed by atoms with van der Waals surface area (Å²) < 4.78 is 2.00. The number of carbonyl (C=O) groups is 1. The maximum absolute atomic E-state index is 12.4. The molecule has 0 atom stereocenters. The molecule has 0 spiro atoms. The van der Waals surface area contributed by atoms with Crippen LogP contribution < -0.4 is 5.32 Å². The zero-order valence-corrected chi connectivity index (χ0v) is 15.4. The minimum Gasteiger partial charge on any atom is -0.508 e. The summed E-state index contributed by atoms with van der Waals surface area (Å²) in [4.78, 5) is 12.4. The fraction of sp³-hybridized carbons (Fsp3) is 0.130. The Morgan fingerprint density at radius 2 is 1.64 bits per heavy atom. The normalized spacial score (nSPS) is 10.9. The number of aromatic nitrogens is 2. The van der Waals surface area contributed by atoms with E-state index >= 15 is 0 Å². The van der Waals surface area contributed by atoms with Gasteiger partial charge in [-0.3, -0.25) is 9.48 Å². The lowest BCUT2D eigenvalue weighted by Gasteiger charge is -2.04. The molecule has 0 bridgehead atoms. The first kappa shape index (κ1) is 17.8. The van der Waals surface area contributed by atoms with Gasteiger partial charge in [0.15, 0.2) is 0 Å². The molecule has 0 radical (unpaired) electrons. The fourth-order valence-electron chi connectivity index (χ4n) is 3.26. The van der Waals surface area contributed by atoms with Gasteiger partial charge in [-0.15, -0.1) is 0 Å². The van der Waals surface area contributed by atoms with E-state index in [1.165, 1.54) is 17.7 Å². The number of fused-ring (bicyclic) bond motifs is 1. The van der Waals surface area contributed by atoms with Crippen molar-refractivity contribution < 1.29 is 9.90 Å². The molecule has 4 aromatic rings. The first-order valence-electron chi connectivity index (χ1n) is 9.26. The number of hydrogen-bond donors (Lipinski definition) is 2. The maximum Gasteiger partial charge on any atom is 0.251 e. The van der Waals surface area contributed by atoms with Crippen LogP contribution in [0.1, 0.15) is 21.6 Å². The molecule has 0 saturated carbocycles. The number of rotatable bonds is 6. The van der Waals surface area contributed by atoms with Crippen molar-refractivity contribution in [3.63, 3.8) is 0 Å². The molecule has 0 fully saturated rings. The molecule has 5 nitrogen and oxygen atoms in total. The predicted octanol–water partition coefficient (Wildman–Crippen LogP) is 3.91. The van der Waals surface area contributed by atoms with E-state index in [2.05, 4.69) is 23.5 Å². The van der Waals surface area contributed by atoms with E-state index < -0.39 is 0 Å². The molecule has 0 saturated heterocycles. The number of carbonyl (C=O) groups excluding carboxylic acids is 1. The number of aromatic hydroxyl groups is 1. The number of nitrogens with one attached hydrogen (secondary N) is 1. The second kappa shape index (κ2) is 7.96. The highest BCUT2D eigenvalue weighted by Gasteiger charge is 2.12. The van der Waals surface area contributed by atoms with E-state index in [0.717, 1.165) is 29.6 Å². The van der Waals surface area contributed by atoms with E-state index in [-0.39, 0.29) is 11.7 Å². The average Bonchev–Trinajstić information content (AvgIpc) is 3.10. The van der Waals surface area contributed by atoms with E-state index in [4.69, 9.17) is 5.10 Å². The van der Waals surface area contributed by atoms with Gasteiger partial charge in [0, 0.05) is 17.5 Å². The third-order valence-corrected chi connectivity index (χ3v) is 4.74. The van der Waals surface area contributed by atoms with Gasteiger partial charge in [0.2, 0.25) is 0 Å². The highest BCUT2D eigenvalue weighted by molar-refractivity contribution is 5.94. The molecule has 0 aliphatic carbocycles. The molecule has 2 N–H and O–H groups in total. The van der Waals surface area contributed by atoms with Crippen molar-refractivity contribution in [2.24, 2.45) is 0 Å². The summed E-state index contributed by atoms with van der Waals surface area (Å²) >= 11 is 0. The SMILES string of the molecule is O=C(NCc1nn(CCc2ccccc2)c2ccccc12)c1ccc(O)cc1. The fourth-order valence-corrected chi connectivity index (χ4v) is 3.26. The maximum atomic E-state index is 12.4. The van der Waals surface area contributed by atoms with Crippen molar-refractivity contribution in [3.8, 4) is 5.75 Å². The molecule has 140 valence electrons. The van der Waals surface area contributed by atoms with Gasteiger partial charge in [-0.2, -0.15) is 5.10 Å². The lowest BCUT2D eigenvalue weighted by molar-refractivity contribution is 0.0950. The second-order valence-electron chi connectivity index (χ2n) is 6.65. The number of amides is 1. The van der Waals surface area contributed by atoms with Crippen molar-refractivity contribution in [3.05, 3.63) is 95.7 Å². The molecule has 1 amide bonds. The Labute approximate surface area is 163 Å². The highest BCUT2D eigenvalue weighted by Crippen LogP contribution is 2.19. The van der Waals surface area contributed by atoms with Crippen molar-refractivity contribution in [2.75, 3.05) is 0 Å². The van der Waals surface area contributed by atoms with Crippen molar-refractivity contribution in [2.45, 2.75) is 19.5 Å². The first-order valence-corrected chi connectivity index (χ1v) is 9.26. The molecule has 3 aromatic carbocycles. The average molecular weight is 371 g/mol. The molecule has 4 rings (SSSR count). The second-order valence-corrected chi connectivity index (χ2v) is 6.65. The van der Waals surface area contributed by atoms with E-state index in [9.17, 15) is 9.90 Å². The number of para-hydroxylation sites is 1. The van der Waals surface area contributed by atoms with Crippen molar-refractivity contribution >= 4 is 16.8 Å². The van der Waals surface area contributed by atoms with Crippen LogP contribution in [0.15, 0.2) is 78.9 Å². The third kappa shape index (κ3) is 3.88. The summed E-state index contributed by atoms with van der Waals surface area (Å²) in [5.74, 6) is -0.0531. The van der Waals surface area contributed by atoms with Gasteiger partial charge in [0.05, 0.1) is 17.8 Å². The van der Waals surface area contributed by atoms with Gasteiger partial charge in [0.1, 0.15) is 5.75 Å². The van der Waals surface area contributed by atoms with E-state index in [0.29, 0.717) is 12.1 Å².